The molecule has 2 heterocycles. The fraction of sp³-hybridized carbons (Fsp3) is 0.240. The molecule has 3 amide bonds. The van der Waals surface area contributed by atoms with Crippen molar-refractivity contribution in [2.45, 2.75) is 25.9 Å². The number of benzene rings is 2. The summed E-state index contributed by atoms with van der Waals surface area (Å²) in [6, 6.07) is 15.9. The molecule has 0 bridgehead atoms. The van der Waals surface area contributed by atoms with Crippen LogP contribution in [0.2, 0.25) is 0 Å². The second kappa shape index (κ2) is 9.60. The highest BCUT2D eigenvalue weighted by Gasteiger charge is 2.44. The van der Waals surface area contributed by atoms with E-state index < -0.39 is 17.9 Å². The fourth-order valence-electron chi connectivity index (χ4n) is 3.80. The number of hydrogen-bond donors (Lipinski definition) is 0. The van der Waals surface area contributed by atoms with E-state index in [0.29, 0.717) is 35.1 Å². The summed E-state index contributed by atoms with van der Waals surface area (Å²) in [6.07, 6.45) is 1.37. The maximum Gasteiger partial charge on any atom is 0.257 e. The van der Waals surface area contributed by atoms with Crippen molar-refractivity contribution >= 4 is 23.4 Å². The predicted octanol–water partition coefficient (Wildman–Crippen LogP) is 3.66. The first-order valence-electron chi connectivity index (χ1n) is 10.6. The van der Waals surface area contributed by atoms with Gasteiger partial charge in [-0.3, -0.25) is 14.4 Å². The van der Waals surface area contributed by atoms with Crippen LogP contribution in [0.5, 0.6) is 11.5 Å². The number of methoxy groups -OCH3 is 1. The van der Waals surface area contributed by atoms with Gasteiger partial charge in [0.15, 0.2) is 0 Å². The maximum absolute atomic E-state index is 13.5. The Morgan fingerprint density at radius 1 is 1.09 bits per heavy atom. The minimum Gasteiger partial charge on any atom is -0.497 e. The standard InChI is InChI=1S/C25H24N2O6/c1-3-32-19-11-9-18(10-12-19)27-23(28)15-22(25(27)30)26(16-21-8-5-13-33-21)24(29)17-6-4-7-20(14-17)31-2/h4-14,22H,3,15-16H2,1-2H3. The lowest BCUT2D eigenvalue weighted by molar-refractivity contribution is -0.122. The highest BCUT2D eigenvalue weighted by atomic mass is 16.5. The smallest absolute Gasteiger partial charge is 0.257 e. The zero-order valence-corrected chi connectivity index (χ0v) is 18.4. The quantitative estimate of drug-likeness (QED) is 0.489. The number of ether oxygens (including phenoxy) is 2. The molecule has 33 heavy (non-hydrogen) atoms. The number of furan rings is 1. The second-order valence-electron chi connectivity index (χ2n) is 7.46. The van der Waals surface area contributed by atoms with Gasteiger partial charge in [-0.1, -0.05) is 6.07 Å². The van der Waals surface area contributed by atoms with Gasteiger partial charge in [0.1, 0.15) is 23.3 Å². The van der Waals surface area contributed by atoms with E-state index >= 15 is 0 Å². The average Bonchev–Trinajstić information content (AvgIpc) is 3.45. The van der Waals surface area contributed by atoms with Crippen molar-refractivity contribution in [3.05, 3.63) is 78.3 Å². The van der Waals surface area contributed by atoms with Crippen molar-refractivity contribution in [1.29, 1.82) is 0 Å². The number of anilines is 1. The lowest BCUT2D eigenvalue weighted by atomic mass is 10.1. The van der Waals surface area contributed by atoms with Gasteiger partial charge >= 0.3 is 0 Å². The number of rotatable bonds is 8. The molecule has 8 nitrogen and oxygen atoms in total. The number of nitrogens with zero attached hydrogens (tertiary/aromatic N) is 2. The van der Waals surface area contributed by atoms with Crippen molar-refractivity contribution in [2.24, 2.45) is 0 Å². The van der Waals surface area contributed by atoms with Crippen LogP contribution in [-0.2, 0) is 16.1 Å². The van der Waals surface area contributed by atoms with Crippen molar-refractivity contribution in [3.63, 3.8) is 0 Å². The lowest BCUT2D eigenvalue weighted by Gasteiger charge is -2.27. The van der Waals surface area contributed by atoms with Gasteiger partial charge in [-0.05, 0) is 61.5 Å². The molecule has 0 N–H and O–H groups in total. The summed E-state index contributed by atoms with van der Waals surface area (Å²) in [5, 5.41) is 0. The Balaban J connectivity index is 1.64. The summed E-state index contributed by atoms with van der Waals surface area (Å²) < 4.78 is 16.1. The first-order valence-corrected chi connectivity index (χ1v) is 10.6. The average molecular weight is 448 g/mol. The molecule has 1 atom stereocenters. The van der Waals surface area contributed by atoms with Crippen LogP contribution < -0.4 is 14.4 Å². The Bertz CT molecular complexity index is 1140. The SMILES string of the molecule is CCOc1ccc(N2C(=O)CC(N(Cc3ccco3)C(=O)c3cccc(OC)c3)C2=O)cc1. The van der Waals surface area contributed by atoms with E-state index in [2.05, 4.69) is 0 Å². The molecule has 2 aromatic carbocycles. The van der Waals surface area contributed by atoms with Crippen LogP contribution in [0.4, 0.5) is 5.69 Å². The molecule has 1 aliphatic heterocycles. The number of hydrogen-bond acceptors (Lipinski definition) is 6. The molecule has 0 saturated carbocycles. The van der Waals surface area contributed by atoms with E-state index in [1.54, 1.807) is 60.7 Å². The van der Waals surface area contributed by atoms with Crippen molar-refractivity contribution in [3.8, 4) is 11.5 Å². The third-order valence-electron chi connectivity index (χ3n) is 5.39. The monoisotopic (exact) mass is 448 g/mol. The number of carbonyl (C=O) groups is 3. The molecule has 8 heteroatoms. The Hall–Kier alpha value is -4.07. The van der Waals surface area contributed by atoms with Crippen molar-refractivity contribution in [2.75, 3.05) is 18.6 Å². The normalized spacial score (nSPS) is 15.6. The molecule has 1 aromatic heterocycles. The molecular formula is C25H24N2O6. The summed E-state index contributed by atoms with van der Waals surface area (Å²) in [6.45, 7) is 2.43. The van der Waals surface area contributed by atoms with E-state index in [1.165, 1.54) is 18.3 Å². The van der Waals surface area contributed by atoms with E-state index in [0.717, 1.165) is 4.90 Å². The lowest BCUT2D eigenvalue weighted by Crippen LogP contribution is -2.45. The third-order valence-corrected chi connectivity index (χ3v) is 5.39. The van der Waals surface area contributed by atoms with E-state index in [-0.39, 0.29) is 18.9 Å². The Kier molecular flexibility index (Phi) is 6.44. The topological polar surface area (TPSA) is 89.3 Å². The molecule has 1 fully saturated rings. The molecule has 1 unspecified atom stereocenters. The van der Waals surface area contributed by atoms with Crippen LogP contribution in [0.25, 0.3) is 0 Å². The van der Waals surface area contributed by atoms with Gasteiger partial charge in [0, 0.05) is 5.56 Å². The number of carbonyl (C=O) groups excluding carboxylic acids is 3. The van der Waals surface area contributed by atoms with Crippen LogP contribution in [0, 0.1) is 0 Å². The summed E-state index contributed by atoms with van der Waals surface area (Å²) in [5.41, 5.74) is 0.781. The first-order chi connectivity index (χ1) is 16.0. The molecule has 3 aromatic rings. The second-order valence-corrected chi connectivity index (χ2v) is 7.46. The van der Waals surface area contributed by atoms with Gasteiger partial charge in [0.25, 0.3) is 11.8 Å². The van der Waals surface area contributed by atoms with E-state index in [4.69, 9.17) is 13.9 Å². The number of amides is 3. The Labute approximate surface area is 191 Å². The number of imide groups is 1. The van der Waals surface area contributed by atoms with Gasteiger partial charge in [-0.15, -0.1) is 0 Å². The predicted molar refractivity (Wildman–Crippen MR) is 120 cm³/mol. The molecule has 0 radical (unpaired) electrons. The van der Waals surface area contributed by atoms with Crippen molar-refractivity contribution in [1.82, 2.24) is 4.90 Å². The van der Waals surface area contributed by atoms with Gasteiger partial charge in [0.2, 0.25) is 5.91 Å². The molecule has 1 saturated heterocycles. The van der Waals surface area contributed by atoms with Gasteiger partial charge in [-0.25, -0.2) is 4.90 Å². The van der Waals surface area contributed by atoms with Crippen molar-refractivity contribution < 1.29 is 28.3 Å². The molecular weight excluding hydrogens is 424 g/mol. The van der Waals surface area contributed by atoms with E-state index in [9.17, 15) is 14.4 Å². The minimum absolute atomic E-state index is 0.0455. The molecule has 4 rings (SSSR count). The van der Waals surface area contributed by atoms with E-state index in [1.807, 2.05) is 6.92 Å². The minimum atomic E-state index is -0.965. The van der Waals surface area contributed by atoms with Crippen LogP contribution in [0.3, 0.4) is 0 Å². The highest BCUT2D eigenvalue weighted by Crippen LogP contribution is 2.29. The molecule has 170 valence electrons. The van der Waals surface area contributed by atoms with Crippen LogP contribution in [0.1, 0.15) is 29.5 Å². The van der Waals surface area contributed by atoms with Crippen LogP contribution in [-0.4, -0.2) is 42.4 Å². The fourth-order valence-corrected chi connectivity index (χ4v) is 3.80. The zero-order valence-electron chi connectivity index (χ0n) is 18.4. The largest absolute Gasteiger partial charge is 0.497 e. The molecule has 0 aliphatic carbocycles. The van der Waals surface area contributed by atoms with Crippen LogP contribution in [0.15, 0.2) is 71.3 Å². The summed E-state index contributed by atoms with van der Waals surface area (Å²) in [4.78, 5) is 42.2. The Morgan fingerprint density at radius 3 is 2.55 bits per heavy atom. The first kappa shape index (κ1) is 22.1. The summed E-state index contributed by atoms with van der Waals surface area (Å²) in [7, 11) is 1.51. The zero-order chi connectivity index (χ0) is 23.4. The van der Waals surface area contributed by atoms with Crippen LogP contribution >= 0.6 is 0 Å². The molecule has 0 spiro atoms. The maximum atomic E-state index is 13.5. The van der Waals surface area contributed by atoms with Gasteiger partial charge in [-0.2, -0.15) is 0 Å². The third kappa shape index (κ3) is 4.59. The summed E-state index contributed by atoms with van der Waals surface area (Å²) in [5.74, 6) is 0.424. The highest BCUT2D eigenvalue weighted by molar-refractivity contribution is 6.23. The summed E-state index contributed by atoms with van der Waals surface area (Å²) >= 11 is 0. The van der Waals surface area contributed by atoms with Gasteiger partial charge in [0.05, 0.1) is 38.6 Å². The molecule has 1 aliphatic rings. The van der Waals surface area contributed by atoms with Gasteiger partial charge < -0.3 is 18.8 Å². The Morgan fingerprint density at radius 2 is 1.88 bits per heavy atom.